The molecule has 0 aliphatic heterocycles. The normalized spacial score (nSPS) is 10.8. The largest absolute Gasteiger partial charge is 0.271 e. The Kier molecular flexibility index (Phi) is 4.19. The minimum atomic E-state index is -0.280. The van der Waals surface area contributed by atoms with Crippen LogP contribution in [0.3, 0.4) is 0 Å². The number of aryl methyl sites for hydroxylation is 1. The van der Waals surface area contributed by atoms with Crippen LogP contribution < -0.4 is 5.43 Å². The SMILES string of the molecule is Cc1ccccc1/C=N\NC(=O)c1ccc(-n2cnnn2)cc1. The van der Waals surface area contributed by atoms with E-state index in [1.165, 1.54) is 11.0 Å². The molecule has 114 valence electrons. The van der Waals surface area contributed by atoms with Crippen molar-refractivity contribution in [2.24, 2.45) is 5.10 Å². The number of hydrazone groups is 1. The highest BCUT2D eigenvalue weighted by Crippen LogP contribution is 2.08. The molecule has 0 bridgehead atoms. The average molecular weight is 306 g/mol. The second-order valence-electron chi connectivity index (χ2n) is 4.86. The van der Waals surface area contributed by atoms with E-state index in [9.17, 15) is 4.79 Å². The number of hydrogen-bond acceptors (Lipinski definition) is 5. The molecule has 0 unspecified atom stereocenters. The molecule has 0 spiro atoms. The van der Waals surface area contributed by atoms with Crippen LogP contribution >= 0.6 is 0 Å². The molecule has 1 amide bonds. The second kappa shape index (κ2) is 6.61. The molecule has 0 atom stereocenters. The maximum atomic E-state index is 12.0. The predicted molar refractivity (Wildman–Crippen MR) is 85.4 cm³/mol. The maximum absolute atomic E-state index is 12.0. The number of aromatic nitrogens is 4. The van der Waals surface area contributed by atoms with Gasteiger partial charge in [-0.05, 0) is 52.7 Å². The number of rotatable bonds is 4. The van der Waals surface area contributed by atoms with Crippen LogP contribution in [-0.2, 0) is 0 Å². The highest BCUT2D eigenvalue weighted by molar-refractivity contribution is 5.95. The molecule has 3 rings (SSSR count). The van der Waals surface area contributed by atoms with E-state index in [0.29, 0.717) is 5.56 Å². The summed E-state index contributed by atoms with van der Waals surface area (Å²) in [6.07, 6.45) is 3.12. The van der Waals surface area contributed by atoms with Crippen molar-refractivity contribution in [2.75, 3.05) is 0 Å². The Morgan fingerprint density at radius 1 is 1.17 bits per heavy atom. The first-order valence-electron chi connectivity index (χ1n) is 6.96. The second-order valence-corrected chi connectivity index (χ2v) is 4.86. The third-order valence-corrected chi connectivity index (χ3v) is 3.30. The first-order chi connectivity index (χ1) is 11.2. The predicted octanol–water partition coefficient (Wildman–Crippen LogP) is 1.73. The number of carbonyl (C=O) groups excluding carboxylic acids is 1. The monoisotopic (exact) mass is 306 g/mol. The highest BCUT2D eigenvalue weighted by Gasteiger charge is 2.05. The lowest BCUT2D eigenvalue weighted by Gasteiger charge is -2.03. The molecule has 1 N–H and O–H groups in total. The molecule has 1 aromatic heterocycles. The van der Waals surface area contributed by atoms with E-state index in [2.05, 4.69) is 26.1 Å². The average Bonchev–Trinajstić information content (AvgIpc) is 3.11. The molecule has 0 radical (unpaired) electrons. The van der Waals surface area contributed by atoms with E-state index in [-0.39, 0.29) is 5.91 Å². The number of nitrogens with zero attached hydrogens (tertiary/aromatic N) is 5. The van der Waals surface area contributed by atoms with E-state index in [1.807, 2.05) is 31.2 Å². The number of carbonyl (C=O) groups is 1. The molecule has 7 nitrogen and oxygen atoms in total. The fourth-order valence-electron chi connectivity index (χ4n) is 2.00. The van der Waals surface area contributed by atoms with Gasteiger partial charge in [0, 0.05) is 5.56 Å². The number of hydrogen-bond donors (Lipinski definition) is 1. The third-order valence-electron chi connectivity index (χ3n) is 3.30. The van der Waals surface area contributed by atoms with Crippen molar-refractivity contribution >= 4 is 12.1 Å². The van der Waals surface area contributed by atoms with Crippen LogP contribution in [0.1, 0.15) is 21.5 Å². The van der Waals surface area contributed by atoms with Gasteiger partial charge in [0.15, 0.2) is 0 Å². The zero-order chi connectivity index (χ0) is 16.1. The molecule has 7 heteroatoms. The van der Waals surface area contributed by atoms with Crippen molar-refractivity contribution in [1.29, 1.82) is 0 Å². The Hall–Kier alpha value is -3.35. The van der Waals surface area contributed by atoms with Crippen LogP contribution in [0, 0.1) is 6.92 Å². The lowest BCUT2D eigenvalue weighted by molar-refractivity contribution is 0.0955. The van der Waals surface area contributed by atoms with Crippen molar-refractivity contribution in [3.05, 3.63) is 71.5 Å². The van der Waals surface area contributed by atoms with Crippen LogP contribution in [0.25, 0.3) is 5.69 Å². The molecule has 0 aliphatic carbocycles. The lowest BCUT2D eigenvalue weighted by Crippen LogP contribution is -2.17. The number of nitrogens with one attached hydrogen (secondary N) is 1. The molecule has 0 saturated carbocycles. The van der Waals surface area contributed by atoms with E-state index in [4.69, 9.17) is 0 Å². The fourth-order valence-corrected chi connectivity index (χ4v) is 2.00. The third kappa shape index (κ3) is 3.46. The highest BCUT2D eigenvalue weighted by atomic mass is 16.2. The minimum Gasteiger partial charge on any atom is -0.267 e. The smallest absolute Gasteiger partial charge is 0.267 e. The summed E-state index contributed by atoms with van der Waals surface area (Å²) in [5, 5.41) is 14.9. The van der Waals surface area contributed by atoms with E-state index in [1.54, 1.807) is 30.5 Å². The van der Waals surface area contributed by atoms with Crippen LogP contribution in [0.15, 0.2) is 60.0 Å². The van der Waals surface area contributed by atoms with Crippen molar-refractivity contribution in [1.82, 2.24) is 25.6 Å². The minimum absolute atomic E-state index is 0.280. The van der Waals surface area contributed by atoms with Gasteiger partial charge in [0.1, 0.15) is 6.33 Å². The van der Waals surface area contributed by atoms with Crippen molar-refractivity contribution in [3.8, 4) is 5.69 Å². The van der Waals surface area contributed by atoms with Crippen LogP contribution in [0.5, 0.6) is 0 Å². The molecule has 2 aromatic carbocycles. The Balaban J connectivity index is 1.66. The van der Waals surface area contributed by atoms with Crippen molar-refractivity contribution < 1.29 is 4.79 Å². The molecular weight excluding hydrogens is 292 g/mol. The van der Waals surface area contributed by atoms with E-state index >= 15 is 0 Å². The van der Waals surface area contributed by atoms with Gasteiger partial charge in [-0.15, -0.1) is 5.10 Å². The maximum Gasteiger partial charge on any atom is 0.271 e. The zero-order valence-corrected chi connectivity index (χ0v) is 12.4. The van der Waals surface area contributed by atoms with E-state index < -0.39 is 0 Å². The van der Waals surface area contributed by atoms with Crippen molar-refractivity contribution in [2.45, 2.75) is 6.92 Å². The molecule has 23 heavy (non-hydrogen) atoms. The fraction of sp³-hybridized carbons (Fsp3) is 0.0625. The van der Waals surface area contributed by atoms with Crippen molar-refractivity contribution in [3.63, 3.8) is 0 Å². The summed E-state index contributed by atoms with van der Waals surface area (Å²) in [4.78, 5) is 12.0. The number of amides is 1. The van der Waals surface area contributed by atoms with Gasteiger partial charge in [-0.2, -0.15) is 5.10 Å². The molecule has 3 aromatic rings. The molecular formula is C16H14N6O. The van der Waals surface area contributed by atoms with Gasteiger partial charge in [-0.1, -0.05) is 24.3 Å². The Morgan fingerprint density at radius 2 is 1.96 bits per heavy atom. The zero-order valence-electron chi connectivity index (χ0n) is 12.4. The summed E-state index contributed by atoms with van der Waals surface area (Å²) < 4.78 is 1.51. The van der Waals surface area contributed by atoms with Gasteiger partial charge >= 0.3 is 0 Å². The van der Waals surface area contributed by atoms with Gasteiger partial charge in [-0.25, -0.2) is 10.1 Å². The molecule has 0 saturated heterocycles. The van der Waals surface area contributed by atoms with Gasteiger partial charge in [-0.3, -0.25) is 4.79 Å². The first kappa shape index (κ1) is 14.6. The van der Waals surface area contributed by atoms with Gasteiger partial charge in [0.2, 0.25) is 0 Å². The molecule has 0 fully saturated rings. The number of benzene rings is 2. The first-order valence-corrected chi connectivity index (χ1v) is 6.96. The Labute approximate surface area is 132 Å². The van der Waals surface area contributed by atoms with Gasteiger partial charge in [0.05, 0.1) is 11.9 Å². The summed E-state index contributed by atoms with van der Waals surface area (Å²) in [5.74, 6) is -0.280. The molecule has 0 aliphatic rings. The van der Waals surface area contributed by atoms with Crippen LogP contribution in [-0.4, -0.2) is 32.3 Å². The summed E-state index contributed by atoms with van der Waals surface area (Å²) in [7, 11) is 0. The Morgan fingerprint density at radius 3 is 2.65 bits per heavy atom. The summed E-state index contributed by atoms with van der Waals surface area (Å²) in [5.41, 5.74) is 5.84. The number of tetrazole rings is 1. The van der Waals surface area contributed by atoms with Gasteiger partial charge < -0.3 is 0 Å². The Bertz CT molecular complexity index is 824. The lowest BCUT2D eigenvalue weighted by atomic mass is 10.1. The summed E-state index contributed by atoms with van der Waals surface area (Å²) in [6.45, 7) is 1.99. The molecule has 1 heterocycles. The topological polar surface area (TPSA) is 85.1 Å². The standard InChI is InChI=1S/C16H14N6O/c1-12-4-2-3-5-14(12)10-17-19-16(23)13-6-8-15(9-7-13)22-11-18-20-21-22/h2-11H,1H3,(H,19,23)/b17-10-. The summed E-state index contributed by atoms with van der Waals surface area (Å²) in [6, 6.07) is 14.7. The quantitative estimate of drug-likeness (QED) is 0.587. The van der Waals surface area contributed by atoms with Gasteiger partial charge in [0.25, 0.3) is 5.91 Å². The van der Waals surface area contributed by atoms with Crippen LogP contribution in [0.2, 0.25) is 0 Å². The van der Waals surface area contributed by atoms with E-state index in [0.717, 1.165) is 16.8 Å². The summed E-state index contributed by atoms with van der Waals surface area (Å²) >= 11 is 0. The van der Waals surface area contributed by atoms with Crippen LogP contribution in [0.4, 0.5) is 0 Å².